The standard InChI is InChI=1S/C15H28N4/c1-15(2)7-5-12(6-8-15)19(4)13(9-16)14-10-17-11-18(14)3/h10-13H,5-9,16H2,1-4H3. The van der Waals surface area contributed by atoms with Gasteiger partial charge in [0, 0.05) is 25.8 Å². The Bertz CT molecular complexity index is 400. The van der Waals surface area contributed by atoms with E-state index in [9.17, 15) is 0 Å². The van der Waals surface area contributed by atoms with E-state index in [1.165, 1.54) is 31.4 Å². The molecule has 1 aromatic heterocycles. The van der Waals surface area contributed by atoms with Crippen molar-refractivity contribution in [3.8, 4) is 0 Å². The number of imidazole rings is 1. The Morgan fingerprint density at radius 1 is 1.47 bits per heavy atom. The van der Waals surface area contributed by atoms with Crippen LogP contribution in [0.5, 0.6) is 0 Å². The second kappa shape index (κ2) is 5.63. The molecule has 1 atom stereocenters. The van der Waals surface area contributed by atoms with Crippen LogP contribution in [0.4, 0.5) is 0 Å². The highest BCUT2D eigenvalue weighted by Gasteiger charge is 2.32. The summed E-state index contributed by atoms with van der Waals surface area (Å²) in [7, 11) is 4.26. The molecule has 0 bridgehead atoms. The van der Waals surface area contributed by atoms with E-state index in [0.29, 0.717) is 18.0 Å². The summed E-state index contributed by atoms with van der Waals surface area (Å²) in [5.74, 6) is 0. The van der Waals surface area contributed by atoms with Gasteiger partial charge in [-0.15, -0.1) is 0 Å². The number of rotatable bonds is 4. The van der Waals surface area contributed by atoms with Crippen molar-refractivity contribution in [2.45, 2.75) is 51.6 Å². The van der Waals surface area contributed by atoms with Crippen LogP contribution in [0, 0.1) is 5.41 Å². The van der Waals surface area contributed by atoms with Crippen LogP contribution in [0.2, 0.25) is 0 Å². The minimum absolute atomic E-state index is 0.277. The number of nitrogens with zero attached hydrogens (tertiary/aromatic N) is 3. The number of hydrogen-bond acceptors (Lipinski definition) is 3. The molecule has 0 aliphatic heterocycles. The van der Waals surface area contributed by atoms with E-state index < -0.39 is 0 Å². The number of aromatic nitrogens is 2. The zero-order valence-electron chi connectivity index (χ0n) is 12.8. The van der Waals surface area contributed by atoms with Crippen LogP contribution in [0.3, 0.4) is 0 Å². The molecule has 0 radical (unpaired) electrons. The first kappa shape index (κ1) is 14.5. The summed E-state index contributed by atoms with van der Waals surface area (Å²) < 4.78 is 2.08. The molecule has 1 aromatic rings. The lowest BCUT2D eigenvalue weighted by Crippen LogP contribution is -2.42. The third-order valence-electron chi connectivity index (χ3n) is 4.79. The van der Waals surface area contributed by atoms with Crippen LogP contribution in [0.15, 0.2) is 12.5 Å². The summed E-state index contributed by atoms with van der Waals surface area (Å²) in [4.78, 5) is 6.69. The second-order valence-electron chi connectivity index (χ2n) is 6.74. The molecule has 1 fully saturated rings. The van der Waals surface area contributed by atoms with E-state index in [-0.39, 0.29) is 6.04 Å². The Kier molecular flexibility index (Phi) is 4.31. The maximum atomic E-state index is 6.01. The van der Waals surface area contributed by atoms with Gasteiger partial charge >= 0.3 is 0 Å². The lowest BCUT2D eigenvalue weighted by atomic mass is 9.75. The van der Waals surface area contributed by atoms with Gasteiger partial charge in [0.1, 0.15) is 0 Å². The quantitative estimate of drug-likeness (QED) is 0.908. The van der Waals surface area contributed by atoms with Crippen LogP contribution in [0.1, 0.15) is 51.3 Å². The largest absolute Gasteiger partial charge is 0.336 e. The molecule has 1 aliphatic rings. The van der Waals surface area contributed by atoms with Gasteiger partial charge in [-0.05, 0) is 38.1 Å². The average Bonchev–Trinajstić information content (AvgIpc) is 2.76. The normalized spacial score (nSPS) is 21.8. The van der Waals surface area contributed by atoms with Crippen molar-refractivity contribution >= 4 is 0 Å². The lowest BCUT2D eigenvalue weighted by molar-refractivity contribution is 0.0941. The Labute approximate surface area is 117 Å². The predicted molar refractivity (Wildman–Crippen MR) is 78.8 cm³/mol. The molecule has 0 saturated heterocycles. The van der Waals surface area contributed by atoms with Crippen molar-refractivity contribution in [3.05, 3.63) is 18.2 Å². The molecular formula is C15H28N4. The van der Waals surface area contributed by atoms with Crippen molar-refractivity contribution in [2.75, 3.05) is 13.6 Å². The first-order chi connectivity index (χ1) is 8.94. The van der Waals surface area contributed by atoms with Crippen LogP contribution in [-0.2, 0) is 7.05 Å². The monoisotopic (exact) mass is 264 g/mol. The first-order valence-corrected chi connectivity index (χ1v) is 7.33. The zero-order chi connectivity index (χ0) is 14.0. The molecule has 2 N–H and O–H groups in total. The molecule has 1 aliphatic carbocycles. The lowest BCUT2D eigenvalue weighted by Gasteiger charge is -2.41. The van der Waals surface area contributed by atoms with Gasteiger partial charge in [0.2, 0.25) is 0 Å². The van der Waals surface area contributed by atoms with Crippen molar-refractivity contribution in [3.63, 3.8) is 0 Å². The average molecular weight is 264 g/mol. The Morgan fingerprint density at radius 3 is 2.58 bits per heavy atom. The second-order valence-corrected chi connectivity index (χ2v) is 6.74. The number of aryl methyl sites for hydroxylation is 1. The molecule has 19 heavy (non-hydrogen) atoms. The number of likely N-dealkylation sites (N-methyl/N-ethyl adjacent to an activating group) is 1. The van der Waals surface area contributed by atoms with E-state index in [2.05, 4.69) is 35.3 Å². The Balaban J connectivity index is 2.06. The van der Waals surface area contributed by atoms with E-state index >= 15 is 0 Å². The summed E-state index contributed by atoms with van der Waals surface area (Å²) in [6, 6.07) is 0.926. The fourth-order valence-electron chi connectivity index (χ4n) is 3.23. The molecule has 0 aromatic carbocycles. The summed E-state index contributed by atoms with van der Waals surface area (Å²) in [6.45, 7) is 5.41. The molecule has 1 saturated carbocycles. The van der Waals surface area contributed by atoms with Crippen molar-refractivity contribution in [1.29, 1.82) is 0 Å². The van der Waals surface area contributed by atoms with Gasteiger partial charge in [-0.1, -0.05) is 13.8 Å². The van der Waals surface area contributed by atoms with Gasteiger partial charge in [0.25, 0.3) is 0 Å². The highest BCUT2D eigenvalue weighted by Crippen LogP contribution is 2.38. The summed E-state index contributed by atoms with van der Waals surface area (Å²) >= 11 is 0. The van der Waals surface area contributed by atoms with Crippen LogP contribution < -0.4 is 5.73 Å². The third kappa shape index (κ3) is 3.18. The summed E-state index contributed by atoms with van der Waals surface area (Å²) in [5, 5.41) is 0. The Hall–Kier alpha value is -0.870. The highest BCUT2D eigenvalue weighted by molar-refractivity contribution is 5.06. The molecule has 0 spiro atoms. The topological polar surface area (TPSA) is 47.1 Å². The molecular weight excluding hydrogens is 236 g/mol. The SMILES string of the molecule is CN(C1CCC(C)(C)CC1)C(CN)c1cncn1C. The fourth-order valence-corrected chi connectivity index (χ4v) is 3.23. The first-order valence-electron chi connectivity index (χ1n) is 7.33. The molecule has 2 rings (SSSR count). The van der Waals surface area contributed by atoms with E-state index in [1.54, 1.807) is 0 Å². The minimum Gasteiger partial charge on any atom is -0.336 e. The van der Waals surface area contributed by atoms with Gasteiger partial charge in [-0.25, -0.2) is 4.98 Å². The zero-order valence-corrected chi connectivity index (χ0v) is 12.8. The number of hydrogen-bond donors (Lipinski definition) is 1. The van der Waals surface area contributed by atoms with Gasteiger partial charge in [-0.3, -0.25) is 4.90 Å². The smallest absolute Gasteiger partial charge is 0.0946 e. The maximum absolute atomic E-state index is 6.01. The van der Waals surface area contributed by atoms with Crippen LogP contribution >= 0.6 is 0 Å². The highest BCUT2D eigenvalue weighted by atomic mass is 15.2. The van der Waals surface area contributed by atoms with E-state index in [1.807, 2.05) is 19.6 Å². The molecule has 4 heteroatoms. The van der Waals surface area contributed by atoms with E-state index in [4.69, 9.17) is 5.73 Å². The van der Waals surface area contributed by atoms with Gasteiger partial charge < -0.3 is 10.3 Å². The minimum atomic E-state index is 0.277. The summed E-state index contributed by atoms with van der Waals surface area (Å²) in [5.41, 5.74) is 7.74. The van der Waals surface area contributed by atoms with Gasteiger partial charge in [0.15, 0.2) is 0 Å². The molecule has 1 heterocycles. The van der Waals surface area contributed by atoms with Gasteiger partial charge in [0.05, 0.1) is 18.1 Å². The van der Waals surface area contributed by atoms with Gasteiger partial charge in [-0.2, -0.15) is 0 Å². The van der Waals surface area contributed by atoms with Crippen molar-refractivity contribution < 1.29 is 0 Å². The van der Waals surface area contributed by atoms with Crippen molar-refractivity contribution in [1.82, 2.24) is 14.5 Å². The maximum Gasteiger partial charge on any atom is 0.0946 e. The van der Waals surface area contributed by atoms with E-state index in [0.717, 1.165) is 0 Å². The Morgan fingerprint density at radius 2 is 2.11 bits per heavy atom. The summed E-state index contributed by atoms with van der Waals surface area (Å²) in [6.07, 6.45) is 8.97. The molecule has 108 valence electrons. The fraction of sp³-hybridized carbons (Fsp3) is 0.800. The van der Waals surface area contributed by atoms with Crippen molar-refractivity contribution in [2.24, 2.45) is 18.2 Å². The molecule has 0 amide bonds. The molecule has 4 nitrogen and oxygen atoms in total. The molecule has 1 unspecified atom stereocenters. The predicted octanol–water partition coefficient (Wildman–Crippen LogP) is 2.32. The third-order valence-corrected chi connectivity index (χ3v) is 4.79. The van der Waals surface area contributed by atoms with Crippen LogP contribution in [0.25, 0.3) is 0 Å². The van der Waals surface area contributed by atoms with Crippen LogP contribution in [-0.4, -0.2) is 34.1 Å². The number of nitrogens with two attached hydrogens (primary N) is 1.